The van der Waals surface area contributed by atoms with E-state index in [1.165, 1.54) is 19.3 Å². The van der Waals surface area contributed by atoms with Crippen LogP contribution >= 0.6 is 0 Å². The van der Waals surface area contributed by atoms with Gasteiger partial charge in [-0.1, -0.05) is 0 Å². The maximum atomic E-state index is 13.3. The fourth-order valence-electron chi connectivity index (χ4n) is 5.12. The van der Waals surface area contributed by atoms with Gasteiger partial charge >= 0.3 is 0 Å². The molecule has 1 unspecified atom stereocenters. The summed E-state index contributed by atoms with van der Waals surface area (Å²) in [7, 11) is 0. The van der Waals surface area contributed by atoms with E-state index in [0.717, 1.165) is 65.0 Å². The summed E-state index contributed by atoms with van der Waals surface area (Å²) in [4.78, 5) is 32.2. The molecule has 7 nitrogen and oxygen atoms in total. The topological polar surface area (TPSA) is 62.3 Å². The third-order valence-corrected chi connectivity index (χ3v) is 6.86. The zero-order valence-corrected chi connectivity index (χ0v) is 19.4. The minimum absolute atomic E-state index is 0.00258. The molecule has 7 heteroatoms. The van der Waals surface area contributed by atoms with Crippen LogP contribution in [-0.4, -0.2) is 85.0 Å². The number of piperidine rings is 1. The number of benzene rings is 1. The smallest absolute Gasteiger partial charge is 0.260 e. The number of carbonyl (C=O) groups is 2. The number of likely N-dealkylation sites (tertiary alicyclic amines) is 3. The molecule has 4 rings (SSSR count). The third-order valence-electron chi connectivity index (χ3n) is 6.86. The first-order valence-corrected chi connectivity index (χ1v) is 12.4. The summed E-state index contributed by atoms with van der Waals surface area (Å²) < 4.78 is 11.6. The normalized spacial score (nSPS) is 21.7. The van der Waals surface area contributed by atoms with E-state index in [0.29, 0.717) is 23.7 Å². The van der Waals surface area contributed by atoms with Gasteiger partial charge < -0.3 is 24.2 Å². The van der Waals surface area contributed by atoms with Crippen LogP contribution < -0.4 is 9.47 Å². The van der Waals surface area contributed by atoms with Gasteiger partial charge in [-0.25, -0.2) is 0 Å². The summed E-state index contributed by atoms with van der Waals surface area (Å²) in [6.07, 6.45) is 7.96. The lowest BCUT2D eigenvalue weighted by atomic mass is 10.1. The molecule has 0 N–H and O–H groups in total. The van der Waals surface area contributed by atoms with Gasteiger partial charge in [-0.3, -0.25) is 9.59 Å². The predicted octanol–water partition coefficient (Wildman–Crippen LogP) is 3.18. The molecule has 176 valence electrons. The summed E-state index contributed by atoms with van der Waals surface area (Å²) in [6.45, 7) is 8.07. The minimum atomic E-state index is -0.00258. The van der Waals surface area contributed by atoms with Gasteiger partial charge in [0.25, 0.3) is 11.8 Å². The van der Waals surface area contributed by atoms with Crippen LogP contribution in [0.2, 0.25) is 0 Å². The van der Waals surface area contributed by atoms with Crippen molar-refractivity contribution in [1.82, 2.24) is 14.7 Å². The van der Waals surface area contributed by atoms with Crippen molar-refractivity contribution < 1.29 is 19.1 Å². The Hall–Kier alpha value is -2.28. The van der Waals surface area contributed by atoms with Crippen molar-refractivity contribution in [2.24, 2.45) is 0 Å². The van der Waals surface area contributed by atoms with Crippen LogP contribution in [0.3, 0.4) is 0 Å². The zero-order valence-electron chi connectivity index (χ0n) is 19.4. The molecule has 0 aliphatic carbocycles. The van der Waals surface area contributed by atoms with Crippen molar-refractivity contribution in [3.8, 4) is 11.5 Å². The van der Waals surface area contributed by atoms with Crippen molar-refractivity contribution in [2.45, 2.75) is 57.9 Å². The van der Waals surface area contributed by atoms with Crippen molar-refractivity contribution in [2.75, 3.05) is 52.5 Å². The van der Waals surface area contributed by atoms with E-state index >= 15 is 0 Å². The highest BCUT2D eigenvalue weighted by molar-refractivity contribution is 5.95. The summed E-state index contributed by atoms with van der Waals surface area (Å²) >= 11 is 0. The van der Waals surface area contributed by atoms with Gasteiger partial charge in [0.05, 0.1) is 6.61 Å². The zero-order chi connectivity index (χ0) is 22.3. The summed E-state index contributed by atoms with van der Waals surface area (Å²) in [5.74, 6) is 1.11. The van der Waals surface area contributed by atoms with Crippen LogP contribution in [0.1, 0.15) is 62.2 Å². The molecule has 3 aliphatic heterocycles. The molecule has 0 bridgehead atoms. The molecular weight excluding hydrogens is 406 g/mol. The Labute approximate surface area is 191 Å². The first kappa shape index (κ1) is 22.9. The fourth-order valence-corrected chi connectivity index (χ4v) is 5.12. The Morgan fingerprint density at radius 1 is 0.906 bits per heavy atom. The van der Waals surface area contributed by atoms with Gasteiger partial charge in [-0.2, -0.15) is 0 Å². The third kappa shape index (κ3) is 5.55. The molecule has 1 aromatic rings. The van der Waals surface area contributed by atoms with E-state index in [-0.39, 0.29) is 24.5 Å². The SMILES string of the molecule is CCOc1cc(C(=O)N2CCCC2CN2CCCC2)ccc1OCC(=O)N1CCCCC1. The quantitative estimate of drug-likeness (QED) is 0.618. The molecule has 3 fully saturated rings. The Morgan fingerprint density at radius 3 is 2.41 bits per heavy atom. The lowest BCUT2D eigenvalue weighted by Crippen LogP contribution is -2.42. The Bertz CT molecular complexity index is 787. The van der Waals surface area contributed by atoms with Crippen molar-refractivity contribution in [1.29, 1.82) is 0 Å². The molecule has 32 heavy (non-hydrogen) atoms. The number of hydrogen-bond donors (Lipinski definition) is 0. The van der Waals surface area contributed by atoms with Crippen LogP contribution in [0, 0.1) is 0 Å². The van der Waals surface area contributed by atoms with Crippen LogP contribution in [0.25, 0.3) is 0 Å². The maximum absolute atomic E-state index is 13.3. The number of rotatable bonds is 8. The van der Waals surface area contributed by atoms with Gasteiger partial charge in [0.1, 0.15) is 0 Å². The monoisotopic (exact) mass is 443 g/mol. The summed E-state index contributed by atoms with van der Waals surface area (Å²) in [5.41, 5.74) is 0.622. The highest BCUT2D eigenvalue weighted by atomic mass is 16.5. The summed E-state index contributed by atoms with van der Waals surface area (Å²) in [6, 6.07) is 5.64. The largest absolute Gasteiger partial charge is 0.490 e. The second-order valence-electron chi connectivity index (χ2n) is 9.13. The van der Waals surface area contributed by atoms with E-state index in [9.17, 15) is 9.59 Å². The standard InChI is InChI=1S/C25H37N3O4/c1-2-31-23-17-20(10-11-22(23)32-19-24(29)27-14-4-3-5-15-27)25(30)28-16-8-9-21(28)18-26-12-6-7-13-26/h10-11,17,21H,2-9,12-16,18-19H2,1H3. The van der Waals surface area contributed by atoms with Crippen LogP contribution in [0.15, 0.2) is 18.2 Å². The molecule has 1 atom stereocenters. The van der Waals surface area contributed by atoms with Gasteiger partial charge in [0, 0.05) is 37.8 Å². The van der Waals surface area contributed by atoms with Crippen LogP contribution in [-0.2, 0) is 4.79 Å². The molecule has 2 amide bonds. The lowest BCUT2D eigenvalue weighted by Gasteiger charge is -2.29. The highest BCUT2D eigenvalue weighted by Gasteiger charge is 2.31. The Morgan fingerprint density at radius 2 is 1.66 bits per heavy atom. The van der Waals surface area contributed by atoms with Crippen LogP contribution in [0.4, 0.5) is 0 Å². The molecule has 1 aromatic carbocycles. The first-order chi connectivity index (χ1) is 15.7. The summed E-state index contributed by atoms with van der Waals surface area (Å²) in [5, 5.41) is 0. The average molecular weight is 444 g/mol. The van der Waals surface area contributed by atoms with Crippen molar-refractivity contribution in [3.63, 3.8) is 0 Å². The molecule has 3 aliphatic rings. The van der Waals surface area contributed by atoms with E-state index in [1.54, 1.807) is 18.2 Å². The fraction of sp³-hybridized carbons (Fsp3) is 0.680. The number of hydrogen-bond acceptors (Lipinski definition) is 5. The van der Waals surface area contributed by atoms with Crippen molar-refractivity contribution in [3.05, 3.63) is 23.8 Å². The van der Waals surface area contributed by atoms with E-state index in [4.69, 9.17) is 9.47 Å². The highest BCUT2D eigenvalue weighted by Crippen LogP contribution is 2.31. The maximum Gasteiger partial charge on any atom is 0.260 e. The van der Waals surface area contributed by atoms with Crippen LogP contribution in [0.5, 0.6) is 11.5 Å². The van der Waals surface area contributed by atoms with E-state index in [2.05, 4.69) is 4.90 Å². The molecule has 0 aromatic heterocycles. The number of nitrogens with zero attached hydrogens (tertiary/aromatic N) is 3. The lowest BCUT2D eigenvalue weighted by molar-refractivity contribution is -0.134. The Balaban J connectivity index is 1.40. The van der Waals surface area contributed by atoms with Gasteiger partial charge in [-0.15, -0.1) is 0 Å². The van der Waals surface area contributed by atoms with Gasteiger partial charge in [0.15, 0.2) is 18.1 Å². The number of ether oxygens (including phenoxy) is 2. The molecule has 0 radical (unpaired) electrons. The molecule has 3 heterocycles. The second-order valence-corrected chi connectivity index (χ2v) is 9.13. The van der Waals surface area contributed by atoms with Gasteiger partial charge in [0.2, 0.25) is 0 Å². The van der Waals surface area contributed by atoms with E-state index in [1.807, 2.05) is 16.7 Å². The van der Waals surface area contributed by atoms with E-state index < -0.39 is 0 Å². The molecule has 3 saturated heterocycles. The number of amides is 2. The van der Waals surface area contributed by atoms with Gasteiger partial charge in [-0.05, 0) is 83.2 Å². The first-order valence-electron chi connectivity index (χ1n) is 12.4. The molecular formula is C25H37N3O4. The predicted molar refractivity (Wildman–Crippen MR) is 123 cm³/mol. The number of carbonyl (C=O) groups excluding carboxylic acids is 2. The molecule has 0 saturated carbocycles. The van der Waals surface area contributed by atoms with Crippen molar-refractivity contribution >= 4 is 11.8 Å². The second kappa shape index (κ2) is 11.0. The Kier molecular flexibility index (Phi) is 7.90. The minimum Gasteiger partial charge on any atom is -0.490 e. The molecule has 0 spiro atoms. The average Bonchev–Trinajstić information content (AvgIpc) is 3.51.